The first-order valence-corrected chi connectivity index (χ1v) is 4.11. The predicted octanol–water partition coefficient (Wildman–Crippen LogP) is 0.901. The van der Waals surface area contributed by atoms with Crippen molar-refractivity contribution in [2.24, 2.45) is 5.73 Å². The standard InChI is InChI=1S/C9H9N3O2/c10-5-8-11-9(14-12-8)6-2-1-3-7(13)4-6/h1-4,13H,5,10H2. The molecule has 3 N–H and O–H groups in total. The molecule has 0 aliphatic carbocycles. The SMILES string of the molecule is NCc1noc(-c2cccc(O)c2)n1. The van der Waals surface area contributed by atoms with Crippen LogP contribution in [0.3, 0.4) is 0 Å². The monoisotopic (exact) mass is 191 g/mol. The van der Waals surface area contributed by atoms with Crippen LogP contribution in [0.5, 0.6) is 5.75 Å². The molecule has 1 aromatic heterocycles. The molecule has 14 heavy (non-hydrogen) atoms. The number of hydrogen-bond acceptors (Lipinski definition) is 5. The minimum absolute atomic E-state index is 0.162. The number of phenols is 1. The zero-order chi connectivity index (χ0) is 9.97. The minimum Gasteiger partial charge on any atom is -0.508 e. The smallest absolute Gasteiger partial charge is 0.258 e. The Hall–Kier alpha value is -1.88. The number of phenolic OH excluding ortho intramolecular Hbond substituents is 1. The summed E-state index contributed by atoms with van der Waals surface area (Å²) in [5, 5.41) is 12.9. The van der Waals surface area contributed by atoms with Crippen molar-refractivity contribution in [3.8, 4) is 17.2 Å². The average molecular weight is 191 g/mol. The first-order valence-electron chi connectivity index (χ1n) is 4.11. The van der Waals surface area contributed by atoms with E-state index in [0.29, 0.717) is 17.3 Å². The molecule has 0 aliphatic heterocycles. The summed E-state index contributed by atoms with van der Waals surface area (Å²) in [4.78, 5) is 4.03. The van der Waals surface area contributed by atoms with Gasteiger partial charge in [0.1, 0.15) is 5.75 Å². The van der Waals surface area contributed by atoms with Gasteiger partial charge in [0, 0.05) is 5.56 Å². The highest BCUT2D eigenvalue weighted by Crippen LogP contribution is 2.21. The fraction of sp³-hybridized carbons (Fsp3) is 0.111. The van der Waals surface area contributed by atoms with Crippen molar-refractivity contribution < 1.29 is 9.63 Å². The molecule has 0 amide bonds. The Balaban J connectivity index is 2.39. The first-order chi connectivity index (χ1) is 6.79. The number of rotatable bonds is 2. The third-order valence-electron chi connectivity index (χ3n) is 1.74. The van der Waals surface area contributed by atoms with Crippen LogP contribution in [0.4, 0.5) is 0 Å². The van der Waals surface area contributed by atoms with Gasteiger partial charge in [0.25, 0.3) is 5.89 Å². The van der Waals surface area contributed by atoms with Crippen LogP contribution in [-0.2, 0) is 6.54 Å². The highest BCUT2D eigenvalue weighted by molar-refractivity contribution is 5.55. The molecule has 0 aliphatic rings. The highest BCUT2D eigenvalue weighted by atomic mass is 16.5. The molecule has 1 heterocycles. The molecule has 0 saturated heterocycles. The first kappa shape index (κ1) is 8.71. The van der Waals surface area contributed by atoms with Gasteiger partial charge in [0.05, 0.1) is 6.54 Å². The predicted molar refractivity (Wildman–Crippen MR) is 49.3 cm³/mol. The molecular formula is C9H9N3O2. The van der Waals surface area contributed by atoms with E-state index < -0.39 is 0 Å². The molecule has 0 radical (unpaired) electrons. The van der Waals surface area contributed by atoms with Gasteiger partial charge in [0.2, 0.25) is 0 Å². The van der Waals surface area contributed by atoms with Gasteiger partial charge in [-0.3, -0.25) is 0 Å². The Bertz CT molecular complexity index is 439. The lowest BCUT2D eigenvalue weighted by molar-refractivity contribution is 0.422. The fourth-order valence-corrected chi connectivity index (χ4v) is 1.09. The lowest BCUT2D eigenvalue weighted by Gasteiger charge is -1.93. The molecule has 0 bridgehead atoms. The van der Waals surface area contributed by atoms with Gasteiger partial charge in [-0.2, -0.15) is 4.98 Å². The molecule has 2 aromatic rings. The lowest BCUT2D eigenvalue weighted by atomic mass is 10.2. The quantitative estimate of drug-likeness (QED) is 0.736. The van der Waals surface area contributed by atoms with Crippen LogP contribution < -0.4 is 5.73 Å². The van der Waals surface area contributed by atoms with E-state index in [4.69, 9.17) is 10.3 Å². The van der Waals surface area contributed by atoms with Crippen LogP contribution in [0.2, 0.25) is 0 Å². The van der Waals surface area contributed by atoms with Crippen LogP contribution in [0, 0.1) is 0 Å². The lowest BCUT2D eigenvalue weighted by Crippen LogP contribution is -1.97. The second-order valence-electron chi connectivity index (χ2n) is 2.77. The maximum Gasteiger partial charge on any atom is 0.258 e. The molecule has 0 saturated carbocycles. The van der Waals surface area contributed by atoms with Crippen molar-refractivity contribution >= 4 is 0 Å². The molecule has 0 atom stereocenters. The minimum atomic E-state index is 0.162. The van der Waals surface area contributed by atoms with E-state index in [9.17, 15) is 5.11 Å². The summed E-state index contributed by atoms with van der Waals surface area (Å²) in [6.07, 6.45) is 0. The van der Waals surface area contributed by atoms with E-state index in [-0.39, 0.29) is 12.3 Å². The average Bonchev–Trinajstić information content (AvgIpc) is 2.66. The fourth-order valence-electron chi connectivity index (χ4n) is 1.09. The summed E-state index contributed by atoms with van der Waals surface area (Å²) in [7, 11) is 0. The van der Waals surface area contributed by atoms with Gasteiger partial charge < -0.3 is 15.4 Å². The molecule has 5 heteroatoms. The topological polar surface area (TPSA) is 85.2 Å². The molecule has 0 unspecified atom stereocenters. The van der Waals surface area contributed by atoms with Crippen LogP contribution in [-0.4, -0.2) is 15.2 Å². The summed E-state index contributed by atoms with van der Waals surface area (Å²) in [5.41, 5.74) is 6.01. The van der Waals surface area contributed by atoms with Gasteiger partial charge in [-0.05, 0) is 18.2 Å². The Morgan fingerprint density at radius 3 is 2.93 bits per heavy atom. The van der Waals surface area contributed by atoms with Gasteiger partial charge >= 0.3 is 0 Å². The Kier molecular flexibility index (Phi) is 2.16. The summed E-state index contributed by atoms with van der Waals surface area (Å²) in [5.74, 6) is 0.972. The summed E-state index contributed by atoms with van der Waals surface area (Å²) < 4.78 is 4.94. The number of nitrogens with two attached hydrogens (primary N) is 1. The van der Waals surface area contributed by atoms with E-state index in [1.165, 1.54) is 0 Å². The molecule has 1 aromatic carbocycles. The summed E-state index contributed by atoms with van der Waals surface area (Å²) >= 11 is 0. The normalized spacial score (nSPS) is 10.4. The maximum absolute atomic E-state index is 9.22. The van der Waals surface area contributed by atoms with Crippen LogP contribution in [0.25, 0.3) is 11.5 Å². The molecule has 0 spiro atoms. The van der Waals surface area contributed by atoms with Crippen molar-refractivity contribution in [1.82, 2.24) is 10.1 Å². The van der Waals surface area contributed by atoms with Crippen molar-refractivity contribution in [2.45, 2.75) is 6.54 Å². The molecule has 0 fully saturated rings. The second kappa shape index (κ2) is 3.47. The third kappa shape index (κ3) is 1.57. The largest absolute Gasteiger partial charge is 0.508 e. The third-order valence-corrected chi connectivity index (χ3v) is 1.74. The van der Waals surface area contributed by atoms with Crippen molar-refractivity contribution in [3.63, 3.8) is 0 Å². The van der Waals surface area contributed by atoms with Crippen molar-refractivity contribution in [1.29, 1.82) is 0 Å². The molecule has 2 rings (SSSR count). The highest BCUT2D eigenvalue weighted by Gasteiger charge is 2.07. The van der Waals surface area contributed by atoms with Crippen molar-refractivity contribution in [3.05, 3.63) is 30.1 Å². The molecule has 72 valence electrons. The van der Waals surface area contributed by atoms with Crippen LogP contribution in [0.15, 0.2) is 28.8 Å². The second-order valence-corrected chi connectivity index (χ2v) is 2.77. The Morgan fingerprint density at radius 1 is 1.43 bits per heavy atom. The number of benzene rings is 1. The van der Waals surface area contributed by atoms with Gasteiger partial charge in [-0.1, -0.05) is 11.2 Å². The number of nitrogens with zero attached hydrogens (tertiary/aromatic N) is 2. The van der Waals surface area contributed by atoms with Gasteiger partial charge in [-0.25, -0.2) is 0 Å². The van der Waals surface area contributed by atoms with E-state index in [1.54, 1.807) is 24.3 Å². The van der Waals surface area contributed by atoms with E-state index in [2.05, 4.69) is 10.1 Å². The van der Waals surface area contributed by atoms with Gasteiger partial charge in [0.15, 0.2) is 5.82 Å². The zero-order valence-corrected chi connectivity index (χ0v) is 7.34. The number of aromatic hydroxyl groups is 1. The van der Waals surface area contributed by atoms with Gasteiger partial charge in [-0.15, -0.1) is 0 Å². The summed E-state index contributed by atoms with van der Waals surface area (Å²) in [6, 6.07) is 6.60. The van der Waals surface area contributed by atoms with E-state index in [0.717, 1.165) is 0 Å². The van der Waals surface area contributed by atoms with E-state index in [1.807, 2.05) is 0 Å². The van der Waals surface area contributed by atoms with Crippen LogP contribution in [0.1, 0.15) is 5.82 Å². The Morgan fingerprint density at radius 2 is 2.29 bits per heavy atom. The zero-order valence-electron chi connectivity index (χ0n) is 7.34. The van der Waals surface area contributed by atoms with Crippen LogP contribution >= 0.6 is 0 Å². The Labute approximate surface area is 80.2 Å². The number of aromatic nitrogens is 2. The summed E-state index contributed by atoms with van der Waals surface area (Å²) in [6.45, 7) is 0.238. The maximum atomic E-state index is 9.22. The molecular weight excluding hydrogens is 182 g/mol. The number of hydrogen-bond donors (Lipinski definition) is 2. The van der Waals surface area contributed by atoms with E-state index >= 15 is 0 Å². The van der Waals surface area contributed by atoms with Crippen molar-refractivity contribution in [2.75, 3.05) is 0 Å². The molecule has 5 nitrogen and oxygen atoms in total.